The van der Waals surface area contributed by atoms with Crippen LogP contribution in [0.25, 0.3) is 72.7 Å². The van der Waals surface area contributed by atoms with E-state index >= 15 is 0 Å². The second kappa shape index (κ2) is 11.5. The second-order valence-corrected chi connectivity index (χ2v) is 13.5. The molecule has 5 heteroatoms. The Kier molecular flexibility index (Phi) is 6.40. The van der Waals surface area contributed by atoms with Gasteiger partial charge in [0.2, 0.25) is 5.95 Å². The summed E-state index contributed by atoms with van der Waals surface area (Å²) >= 11 is 0. The highest BCUT2D eigenvalue weighted by atomic mass is 16.3. The van der Waals surface area contributed by atoms with Crippen LogP contribution in [0.15, 0.2) is 186 Å². The van der Waals surface area contributed by atoms with Gasteiger partial charge < -0.3 is 4.42 Å². The third-order valence-electron chi connectivity index (χ3n) is 10.7. The maximum atomic E-state index is 6.54. The molecule has 7 aromatic carbocycles. The number of benzene rings is 7. The second-order valence-electron chi connectivity index (χ2n) is 13.5. The Morgan fingerprint density at radius 2 is 1.04 bits per heavy atom. The summed E-state index contributed by atoms with van der Waals surface area (Å²) in [5.41, 5.74) is 10.7. The molecule has 0 unspecified atom stereocenters. The lowest BCUT2D eigenvalue weighted by Gasteiger charge is -2.34. The first-order valence-corrected chi connectivity index (χ1v) is 17.9. The Morgan fingerprint density at radius 3 is 1.81 bits per heavy atom. The normalized spacial score (nSPS) is 13.1. The van der Waals surface area contributed by atoms with Gasteiger partial charge in [-0.3, -0.25) is 4.57 Å². The fourth-order valence-electron chi connectivity index (χ4n) is 8.58. The van der Waals surface area contributed by atoms with Crippen molar-refractivity contribution < 1.29 is 4.42 Å². The third kappa shape index (κ3) is 4.22. The van der Waals surface area contributed by atoms with Gasteiger partial charge in [-0.1, -0.05) is 164 Å². The summed E-state index contributed by atoms with van der Waals surface area (Å²) in [6, 6.07) is 63.7. The molecular formula is C48H30N4O. The smallest absolute Gasteiger partial charge is 0.238 e. The number of aromatic nitrogens is 4. The van der Waals surface area contributed by atoms with E-state index in [1.165, 1.54) is 27.8 Å². The van der Waals surface area contributed by atoms with Crippen LogP contribution >= 0.6 is 0 Å². The summed E-state index contributed by atoms with van der Waals surface area (Å²) in [6.07, 6.45) is 0. The molecule has 0 atom stereocenters. The Bertz CT molecular complexity index is 2960. The van der Waals surface area contributed by atoms with Crippen LogP contribution in [0.2, 0.25) is 0 Å². The number of hydrogen-bond acceptors (Lipinski definition) is 4. The zero-order valence-corrected chi connectivity index (χ0v) is 28.5. The van der Waals surface area contributed by atoms with Gasteiger partial charge in [-0.2, -0.15) is 9.97 Å². The van der Waals surface area contributed by atoms with Crippen molar-refractivity contribution in [2.75, 3.05) is 0 Å². The van der Waals surface area contributed by atoms with Crippen LogP contribution in [0.1, 0.15) is 22.4 Å². The number of rotatable bonds is 5. The maximum Gasteiger partial charge on any atom is 0.238 e. The van der Waals surface area contributed by atoms with Gasteiger partial charge in [0.15, 0.2) is 11.6 Å². The first kappa shape index (κ1) is 29.6. The number of fused-ring (bicyclic) bond motifs is 8. The summed E-state index contributed by atoms with van der Waals surface area (Å²) in [5, 5.41) is 3.23. The third-order valence-corrected chi connectivity index (χ3v) is 10.7. The Balaban J connectivity index is 1.30. The first-order valence-electron chi connectivity index (χ1n) is 17.9. The van der Waals surface area contributed by atoms with Crippen molar-refractivity contribution in [1.82, 2.24) is 19.5 Å². The van der Waals surface area contributed by atoms with Crippen molar-refractivity contribution in [1.29, 1.82) is 0 Å². The summed E-state index contributed by atoms with van der Waals surface area (Å²) in [7, 11) is 0. The predicted octanol–water partition coefficient (Wildman–Crippen LogP) is 11.4. The van der Waals surface area contributed by atoms with Crippen molar-refractivity contribution >= 4 is 32.8 Å². The average Bonchev–Trinajstić information content (AvgIpc) is 3.88. The lowest BCUT2D eigenvalue weighted by molar-refractivity contribution is 0.669. The predicted molar refractivity (Wildman–Crippen MR) is 212 cm³/mol. The van der Waals surface area contributed by atoms with Crippen molar-refractivity contribution in [3.63, 3.8) is 0 Å². The molecule has 3 heterocycles. The largest absolute Gasteiger partial charge is 0.455 e. The lowest BCUT2D eigenvalue weighted by atomic mass is 9.69. The highest BCUT2D eigenvalue weighted by Gasteiger charge is 2.50. The summed E-state index contributed by atoms with van der Waals surface area (Å²) in [6.45, 7) is 0. The van der Waals surface area contributed by atoms with Gasteiger partial charge in [0.25, 0.3) is 0 Å². The standard InChI is InChI=1S/C48H30N4O/c1-4-17-31(18-5-1)45-49-46(38-27-16-26-35-34-23-12-15-30-41(34)53-43(35)38)51-47(50-45)52-40-29-14-11-25-37(40)42-36-24-10-13-28-39(36)48(44(42)52,32-19-6-2-7-20-32)33-21-8-3-9-22-33/h1-30H. The van der Waals surface area contributed by atoms with Gasteiger partial charge in [0.1, 0.15) is 11.2 Å². The molecule has 11 rings (SSSR count). The van der Waals surface area contributed by atoms with Crippen LogP contribution < -0.4 is 0 Å². The van der Waals surface area contributed by atoms with Gasteiger partial charge in [-0.05, 0) is 40.5 Å². The molecule has 1 aliphatic rings. The number of furan rings is 1. The number of nitrogens with zero attached hydrogens (tertiary/aromatic N) is 4. The van der Waals surface area contributed by atoms with Crippen LogP contribution in [-0.4, -0.2) is 19.5 Å². The maximum absolute atomic E-state index is 6.54. The van der Waals surface area contributed by atoms with Gasteiger partial charge in [-0.15, -0.1) is 0 Å². The molecule has 0 saturated carbocycles. The zero-order valence-electron chi connectivity index (χ0n) is 28.5. The molecule has 0 amide bonds. The van der Waals surface area contributed by atoms with E-state index in [1.807, 2.05) is 42.5 Å². The van der Waals surface area contributed by atoms with E-state index in [2.05, 4.69) is 144 Å². The highest BCUT2D eigenvalue weighted by molar-refractivity contribution is 6.09. The molecule has 0 spiro atoms. The molecule has 0 fully saturated rings. The highest BCUT2D eigenvalue weighted by Crippen LogP contribution is 2.59. The minimum absolute atomic E-state index is 0.545. The van der Waals surface area contributed by atoms with Gasteiger partial charge in [0.05, 0.1) is 22.2 Å². The summed E-state index contributed by atoms with van der Waals surface area (Å²) in [4.78, 5) is 15.9. The molecule has 0 bridgehead atoms. The van der Waals surface area contributed by atoms with Crippen molar-refractivity contribution in [2.24, 2.45) is 0 Å². The molecule has 0 aliphatic heterocycles. The molecule has 1 aliphatic carbocycles. The fraction of sp³-hybridized carbons (Fsp3) is 0.0208. The van der Waals surface area contributed by atoms with E-state index in [-0.39, 0.29) is 0 Å². The number of para-hydroxylation sites is 3. The minimum atomic E-state index is -0.675. The van der Waals surface area contributed by atoms with Crippen molar-refractivity contribution in [2.45, 2.75) is 5.41 Å². The monoisotopic (exact) mass is 678 g/mol. The molecule has 53 heavy (non-hydrogen) atoms. The quantitative estimate of drug-likeness (QED) is 0.182. The van der Waals surface area contributed by atoms with Gasteiger partial charge in [0, 0.05) is 27.3 Å². The van der Waals surface area contributed by atoms with Crippen LogP contribution in [0.3, 0.4) is 0 Å². The summed E-state index contributed by atoms with van der Waals surface area (Å²) in [5.74, 6) is 1.68. The molecule has 0 saturated heterocycles. The molecule has 248 valence electrons. The molecule has 0 radical (unpaired) electrons. The van der Waals surface area contributed by atoms with Crippen molar-refractivity contribution in [3.8, 4) is 39.9 Å². The molecule has 0 N–H and O–H groups in total. The van der Waals surface area contributed by atoms with E-state index < -0.39 is 5.41 Å². The summed E-state index contributed by atoms with van der Waals surface area (Å²) < 4.78 is 8.83. The lowest BCUT2D eigenvalue weighted by Crippen LogP contribution is -2.31. The van der Waals surface area contributed by atoms with Crippen LogP contribution in [0, 0.1) is 0 Å². The van der Waals surface area contributed by atoms with Crippen LogP contribution in [0.5, 0.6) is 0 Å². The van der Waals surface area contributed by atoms with Gasteiger partial charge >= 0.3 is 0 Å². The Morgan fingerprint density at radius 1 is 0.453 bits per heavy atom. The van der Waals surface area contributed by atoms with Crippen LogP contribution in [-0.2, 0) is 5.41 Å². The van der Waals surface area contributed by atoms with Gasteiger partial charge in [-0.25, -0.2) is 4.98 Å². The SMILES string of the molecule is c1ccc(-c2nc(-c3cccc4c3oc3ccccc34)nc(-n3c4c(c5ccccc53)-c3ccccc3C4(c3ccccc3)c3ccccc3)n2)cc1. The van der Waals surface area contributed by atoms with E-state index in [0.29, 0.717) is 17.6 Å². The fourth-order valence-corrected chi connectivity index (χ4v) is 8.58. The average molecular weight is 679 g/mol. The van der Waals surface area contributed by atoms with E-state index in [1.54, 1.807) is 0 Å². The minimum Gasteiger partial charge on any atom is -0.455 e. The topological polar surface area (TPSA) is 56.7 Å². The van der Waals surface area contributed by atoms with Crippen LogP contribution in [0.4, 0.5) is 0 Å². The van der Waals surface area contributed by atoms with E-state index in [9.17, 15) is 0 Å². The molecule has 5 nitrogen and oxygen atoms in total. The molecule has 3 aromatic heterocycles. The first-order chi connectivity index (χ1) is 26.3. The Labute approximate surface area is 305 Å². The number of hydrogen-bond donors (Lipinski definition) is 0. The van der Waals surface area contributed by atoms with E-state index in [0.717, 1.165) is 49.7 Å². The Hall–Kier alpha value is -7.11. The van der Waals surface area contributed by atoms with E-state index in [4.69, 9.17) is 19.4 Å². The van der Waals surface area contributed by atoms with Crippen molar-refractivity contribution in [3.05, 3.63) is 204 Å². The molecular weight excluding hydrogens is 649 g/mol. The zero-order chi connectivity index (χ0) is 34.9. The molecule has 10 aromatic rings.